The molecular weight excluding hydrogens is 170 g/mol. The molecule has 0 spiro atoms. The number of benzene rings is 1. The van der Waals surface area contributed by atoms with Crippen LogP contribution in [-0.2, 0) is 0 Å². The number of hydrogen-bond donors (Lipinski definition) is 1. The summed E-state index contributed by atoms with van der Waals surface area (Å²) in [5.41, 5.74) is 1.01. The van der Waals surface area contributed by atoms with E-state index in [-0.39, 0.29) is 5.76 Å². The van der Waals surface area contributed by atoms with E-state index in [1.807, 2.05) is 24.3 Å². The van der Waals surface area contributed by atoms with Gasteiger partial charge < -0.3 is 5.11 Å². The molecule has 1 aromatic carbocycles. The van der Waals surface area contributed by atoms with Crippen molar-refractivity contribution in [3.8, 4) is 0 Å². The van der Waals surface area contributed by atoms with Gasteiger partial charge in [0, 0.05) is 16.8 Å². The third-order valence-corrected chi connectivity index (χ3v) is 2.34. The Labute approximate surface area is 74.8 Å². The molecule has 0 atom stereocenters. The predicted octanol–water partition coefficient (Wildman–Crippen LogP) is 2.68. The van der Waals surface area contributed by atoms with Crippen LogP contribution in [0.4, 0.5) is 0 Å². The molecule has 0 saturated heterocycles. The van der Waals surface area contributed by atoms with E-state index < -0.39 is 0 Å². The molecule has 0 unspecified atom stereocenters. The second-order valence-corrected chi connectivity index (χ2v) is 3.27. The lowest BCUT2D eigenvalue weighted by Gasteiger charge is -1.97. The minimum absolute atomic E-state index is 0.201. The van der Waals surface area contributed by atoms with Crippen LogP contribution in [0.5, 0.6) is 0 Å². The summed E-state index contributed by atoms with van der Waals surface area (Å²) in [7, 11) is 0. The van der Waals surface area contributed by atoms with Gasteiger partial charge in [-0.25, -0.2) is 4.40 Å². The summed E-state index contributed by atoms with van der Waals surface area (Å²) < 4.78 is 3.97. The van der Waals surface area contributed by atoms with Crippen molar-refractivity contribution >= 4 is 24.2 Å². The molecule has 0 radical (unpaired) electrons. The maximum atomic E-state index is 9.23. The Morgan fingerprint density at radius 2 is 2.08 bits per heavy atom. The molecular formula is C9H7NOS. The van der Waals surface area contributed by atoms with Crippen molar-refractivity contribution in [1.29, 1.82) is 0 Å². The Kier molecular flexibility index (Phi) is 1.87. The number of aliphatic hydroxyl groups excluding tert-OH is 1. The second kappa shape index (κ2) is 3.03. The largest absolute Gasteiger partial charge is 0.506 e. The molecule has 1 heterocycles. The monoisotopic (exact) mass is 177 g/mol. The minimum atomic E-state index is 0.201. The van der Waals surface area contributed by atoms with Crippen LogP contribution >= 0.6 is 11.9 Å². The van der Waals surface area contributed by atoms with E-state index in [1.165, 1.54) is 18.2 Å². The van der Waals surface area contributed by atoms with Gasteiger partial charge in [0.15, 0.2) is 0 Å². The molecule has 1 aliphatic heterocycles. The zero-order valence-corrected chi connectivity index (χ0v) is 7.08. The molecule has 3 heteroatoms. The summed E-state index contributed by atoms with van der Waals surface area (Å²) in [4.78, 5) is 1.07. The van der Waals surface area contributed by atoms with Gasteiger partial charge in [0.2, 0.25) is 0 Å². The van der Waals surface area contributed by atoms with Gasteiger partial charge in [-0.2, -0.15) is 0 Å². The van der Waals surface area contributed by atoms with E-state index in [1.54, 1.807) is 6.08 Å². The first kappa shape index (κ1) is 7.43. The average molecular weight is 177 g/mol. The highest BCUT2D eigenvalue weighted by Gasteiger charge is 2.03. The highest BCUT2D eigenvalue weighted by Crippen LogP contribution is 2.26. The Morgan fingerprint density at radius 3 is 3.00 bits per heavy atom. The van der Waals surface area contributed by atoms with Crippen molar-refractivity contribution in [2.45, 2.75) is 4.90 Å². The van der Waals surface area contributed by atoms with Crippen molar-refractivity contribution in [1.82, 2.24) is 0 Å². The normalized spacial score (nSPS) is 14.8. The summed E-state index contributed by atoms with van der Waals surface area (Å²) in [6.45, 7) is 0. The molecule has 60 valence electrons. The minimum Gasteiger partial charge on any atom is -0.506 e. The maximum Gasteiger partial charge on any atom is 0.135 e. The zero-order valence-electron chi connectivity index (χ0n) is 6.27. The van der Waals surface area contributed by atoms with E-state index in [0.717, 1.165) is 10.5 Å². The molecule has 0 bridgehead atoms. The Bertz CT molecular complexity index is 357. The Morgan fingerprint density at radius 1 is 1.25 bits per heavy atom. The molecule has 2 nitrogen and oxygen atoms in total. The van der Waals surface area contributed by atoms with Crippen molar-refractivity contribution in [3.63, 3.8) is 0 Å². The van der Waals surface area contributed by atoms with Crippen LogP contribution in [0.2, 0.25) is 0 Å². The van der Waals surface area contributed by atoms with Crippen molar-refractivity contribution in [2.75, 3.05) is 0 Å². The van der Waals surface area contributed by atoms with E-state index in [4.69, 9.17) is 0 Å². The molecule has 2 rings (SSSR count). The first-order valence-electron chi connectivity index (χ1n) is 3.56. The van der Waals surface area contributed by atoms with Gasteiger partial charge in [-0.05, 0) is 17.7 Å². The quantitative estimate of drug-likeness (QED) is 0.618. The number of aliphatic hydroxyl groups is 1. The second-order valence-electron chi connectivity index (χ2n) is 2.43. The fraction of sp³-hybridized carbons (Fsp3) is 0. The molecule has 1 aromatic rings. The van der Waals surface area contributed by atoms with Crippen LogP contribution in [0, 0.1) is 0 Å². The third-order valence-electron chi connectivity index (χ3n) is 1.56. The molecule has 1 aliphatic rings. The lowest BCUT2D eigenvalue weighted by atomic mass is 10.2. The average Bonchev–Trinajstić information content (AvgIpc) is 2.25. The van der Waals surface area contributed by atoms with Crippen molar-refractivity contribution in [2.24, 2.45) is 4.40 Å². The Balaban J connectivity index is 2.54. The molecule has 0 fully saturated rings. The van der Waals surface area contributed by atoms with E-state index in [9.17, 15) is 5.11 Å². The summed E-state index contributed by atoms with van der Waals surface area (Å²) in [5, 5.41) is 9.23. The standard InChI is InChI=1S/C9H7NOS/c11-8-5-7-3-1-2-4-9(7)12-10-6-8/h1-6,11H. The van der Waals surface area contributed by atoms with Crippen LogP contribution in [-0.4, -0.2) is 11.3 Å². The zero-order chi connectivity index (χ0) is 8.39. The number of hydrogen-bond acceptors (Lipinski definition) is 3. The SMILES string of the molecule is OC1=Cc2ccccc2SN=C1. The highest BCUT2D eigenvalue weighted by atomic mass is 32.2. The highest BCUT2D eigenvalue weighted by molar-refractivity contribution is 7.98. The summed E-state index contributed by atoms with van der Waals surface area (Å²) in [5.74, 6) is 0.201. The summed E-state index contributed by atoms with van der Waals surface area (Å²) in [6.07, 6.45) is 3.16. The summed E-state index contributed by atoms with van der Waals surface area (Å²) >= 11 is 1.37. The van der Waals surface area contributed by atoms with E-state index in [0.29, 0.717) is 0 Å². The lowest BCUT2D eigenvalue weighted by Crippen LogP contribution is -1.79. The third kappa shape index (κ3) is 1.36. The van der Waals surface area contributed by atoms with Gasteiger partial charge in [-0.3, -0.25) is 0 Å². The molecule has 0 saturated carbocycles. The number of nitrogens with zero attached hydrogens (tertiary/aromatic N) is 1. The fourth-order valence-corrected chi connectivity index (χ4v) is 1.66. The predicted molar refractivity (Wildman–Crippen MR) is 51.4 cm³/mol. The van der Waals surface area contributed by atoms with Crippen molar-refractivity contribution in [3.05, 3.63) is 35.6 Å². The van der Waals surface area contributed by atoms with Gasteiger partial charge in [-0.15, -0.1) is 0 Å². The van der Waals surface area contributed by atoms with Gasteiger partial charge in [0.05, 0.1) is 6.21 Å². The number of fused-ring (bicyclic) bond motifs is 1. The van der Waals surface area contributed by atoms with E-state index in [2.05, 4.69) is 4.40 Å². The van der Waals surface area contributed by atoms with Gasteiger partial charge in [0.1, 0.15) is 5.76 Å². The van der Waals surface area contributed by atoms with Crippen LogP contribution in [0.3, 0.4) is 0 Å². The van der Waals surface area contributed by atoms with Gasteiger partial charge in [0.25, 0.3) is 0 Å². The molecule has 0 aromatic heterocycles. The van der Waals surface area contributed by atoms with E-state index >= 15 is 0 Å². The fourth-order valence-electron chi connectivity index (χ4n) is 1.02. The number of allylic oxidation sites excluding steroid dienone is 1. The molecule has 0 amide bonds. The maximum absolute atomic E-state index is 9.23. The molecule has 12 heavy (non-hydrogen) atoms. The van der Waals surface area contributed by atoms with Crippen molar-refractivity contribution < 1.29 is 5.11 Å². The molecule has 0 aliphatic carbocycles. The summed E-state index contributed by atoms with van der Waals surface area (Å²) in [6, 6.07) is 7.83. The first-order valence-corrected chi connectivity index (χ1v) is 4.34. The van der Waals surface area contributed by atoms with Gasteiger partial charge >= 0.3 is 0 Å². The van der Waals surface area contributed by atoms with Crippen LogP contribution < -0.4 is 0 Å². The smallest absolute Gasteiger partial charge is 0.135 e. The van der Waals surface area contributed by atoms with Crippen LogP contribution in [0.15, 0.2) is 39.3 Å². The van der Waals surface area contributed by atoms with Crippen LogP contribution in [0.1, 0.15) is 5.56 Å². The van der Waals surface area contributed by atoms with Crippen LogP contribution in [0.25, 0.3) is 6.08 Å². The number of rotatable bonds is 0. The lowest BCUT2D eigenvalue weighted by molar-refractivity contribution is 0.451. The Hall–Kier alpha value is -1.22. The topological polar surface area (TPSA) is 32.6 Å². The molecule has 1 N–H and O–H groups in total. The first-order chi connectivity index (χ1) is 5.86. The van der Waals surface area contributed by atoms with Gasteiger partial charge in [-0.1, -0.05) is 18.2 Å².